The molecule has 0 aliphatic heterocycles. The van der Waals surface area contributed by atoms with E-state index in [0.29, 0.717) is 18.3 Å². The lowest BCUT2D eigenvalue weighted by molar-refractivity contribution is -0.137. The van der Waals surface area contributed by atoms with Crippen LogP contribution in [0.1, 0.15) is 37.6 Å². The van der Waals surface area contributed by atoms with Gasteiger partial charge >= 0.3 is 5.97 Å². The highest BCUT2D eigenvalue weighted by Crippen LogP contribution is 2.10. The Bertz CT molecular complexity index is 409. The molecule has 0 saturated carbocycles. The van der Waals surface area contributed by atoms with Crippen molar-refractivity contribution in [2.45, 2.75) is 40.0 Å². The molecule has 0 aliphatic rings. The maximum absolute atomic E-state index is 10.4. The molecular formula is C12H20N4O2. The molecule has 0 saturated heterocycles. The summed E-state index contributed by atoms with van der Waals surface area (Å²) in [5, 5.41) is 19.6. The van der Waals surface area contributed by atoms with Crippen LogP contribution in [0.15, 0.2) is 0 Å². The number of rotatable bonds is 7. The van der Waals surface area contributed by atoms with Crippen LogP contribution in [0.5, 0.6) is 0 Å². The number of anilines is 1. The lowest BCUT2D eigenvalue weighted by Crippen LogP contribution is -2.11. The molecule has 1 unspecified atom stereocenters. The van der Waals surface area contributed by atoms with E-state index in [0.717, 1.165) is 24.4 Å². The molecule has 1 aromatic rings. The third-order valence-corrected chi connectivity index (χ3v) is 2.86. The van der Waals surface area contributed by atoms with Gasteiger partial charge in [-0.2, -0.15) is 5.10 Å². The largest absolute Gasteiger partial charge is 0.481 e. The minimum absolute atomic E-state index is 0.225. The second-order valence-electron chi connectivity index (χ2n) is 4.56. The number of hydrogen-bond donors (Lipinski definition) is 2. The Kier molecular flexibility index (Phi) is 5.48. The molecular weight excluding hydrogens is 232 g/mol. The second-order valence-corrected chi connectivity index (χ2v) is 4.56. The summed E-state index contributed by atoms with van der Waals surface area (Å²) in [5.41, 5.74) is 1.70. The molecule has 1 aromatic heterocycles. The van der Waals surface area contributed by atoms with Gasteiger partial charge in [0.1, 0.15) is 0 Å². The van der Waals surface area contributed by atoms with E-state index in [1.807, 2.05) is 20.8 Å². The van der Waals surface area contributed by atoms with Crippen molar-refractivity contribution in [3.63, 3.8) is 0 Å². The summed E-state index contributed by atoms with van der Waals surface area (Å²) < 4.78 is 0. The van der Waals surface area contributed by atoms with Gasteiger partial charge in [-0.15, -0.1) is 5.10 Å². The second kappa shape index (κ2) is 6.88. The summed E-state index contributed by atoms with van der Waals surface area (Å²) in [6.07, 6.45) is 1.81. The minimum Gasteiger partial charge on any atom is -0.481 e. The quantitative estimate of drug-likeness (QED) is 0.769. The van der Waals surface area contributed by atoms with Gasteiger partial charge in [0.2, 0.25) is 5.95 Å². The topological polar surface area (TPSA) is 88.0 Å². The molecule has 0 radical (unpaired) electrons. The standard InChI is InChI=1S/C12H20N4O2/c1-8(4-5-11(17)18)6-7-13-12-14-9(2)10(3)15-16-12/h8H,4-7H2,1-3H3,(H,17,18)(H,13,14,16). The van der Waals surface area contributed by atoms with Crippen LogP contribution in [-0.4, -0.2) is 32.8 Å². The predicted octanol–water partition coefficient (Wildman–Crippen LogP) is 1.79. The molecule has 2 N–H and O–H groups in total. The first-order chi connectivity index (χ1) is 8.49. The number of aryl methyl sites for hydroxylation is 2. The van der Waals surface area contributed by atoms with E-state index in [4.69, 9.17) is 5.11 Å². The van der Waals surface area contributed by atoms with E-state index in [1.165, 1.54) is 0 Å². The predicted molar refractivity (Wildman–Crippen MR) is 68.4 cm³/mol. The molecule has 0 aliphatic carbocycles. The van der Waals surface area contributed by atoms with E-state index in [-0.39, 0.29) is 6.42 Å². The third-order valence-electron chi connectivity index (χ3n) is 2.86. The highest BCUT2D eigenvalue weighted by Gasteiger charge is 2.06. The van der Waals surface area contributed by atoms with Crippen molar-refractivity contribution < 1.29 is 9.90 Å². The van der Waals surface area contributed by atoms with Gasteiger partial charge in [-0.05, 0) is 32.6 Å². The maximum Gasteiger partial charge on any atom is 0.303 e. The molecule has 1 atom stereocenters. The minimum atomic E-state index is -0.739. The zero-order valence-electron chi connectivity index (χ0n) is 11.1. The molecule has 100 valence electrons. The zero-order chi connectivity index (χ0) is 13.5. The summed E-state index contributed by atoms with van der Waals surface area (Å²) >= 11 is 0. The third kappa shape index (κ3) is 5.07. The first-order valence-corrected chi connectivity index (χ1v) is 6.12. The summed E-state index contributed by atoms with van der Waals surface area (Å²) in [4.78, 5) is 14.7. The number of hydrogen-bond acceptors (Lipinski definition) is 5. The van der Waals surface area contributed by atoms with Crippen molar-refractivity contribution in [2.75, 3.05) is 11.9 Å². The van der Waals surface area contributed by atoms with Gasteiger partial charge in [0.25, 0.3) is 0 Å². The van der Waals surface area contributed by atoms with Crippen LogP contribution in [-0.2, 0) is 4.79 Å². The number of aliphatic carboxylic acids is 1. The molecule has 0 bridgehead atoms. The van der Waals surface area contributed by atoms with Crippen molar-refractivity contribution in [2.24, 2.45) is 5.92 Å². The van der Waals surface area contributed by atoms with E-state index >= 15 is 0 Å². The monoisotopic (exact) mass is 252 g/mol. The summed E-state index contributed by atoms with van der Waals surface area (Å²) in [6.45, 7) is 6.53. The lowest BCUT2D eigenvalue weighted by atomic mass is 10.0. The molecule has 6 nitrogen and oxygen atoms in total. The summed E-state index contributed by atoms with van der Waals surface area (Å²) in [6, 6.07) is 0. The number of aromatic nitrogens is 3. The SMILES string of the molecule is Cc1nnc(NCCC(C)CCC(=O)O)nc1C. The van der Waals surface area contributed by atoms with Crippen LogP contribution in [0.25, 0.3) is 0 Å². The smallest absolute Gasteiger partial charge is 0.303 e. The Morgan fingerprint density at radius 1 is 1.28 bits per heavy atom. The number of nitrogens with zero attached hydrogens (tertiary/aromatic N) is 3. The van der Waals surface area contributed by atoms with Crippen molar-refractivity contribution in [1.29, 1.82) is 0 Å². The zero-order valence-corrected chi connectivity index (χ0v) is 11.1. The number of nitrogens with one attached hydrogen (secondary N) is 1. The highest BCUT2D eigenvalue weighted by molar-refractivity contribution is 5.66. The fourth-order valence-corrected chi connectivity index (χ4v) is 1.48. The van der Waals surface area contributed by atoms with Crippen molar-refractivity contribution in [3.05, 3.63) is 11.4 Å². The molecule has 0 amide bonds. The van der Waals surface area contributed by atoms with Crippen LogP contribution in [0, 0.1) is 19.8 Å². The summed E-state index contributed by atoms with van der Waals surface area (Å²) in [5.74, 6) is 0.160. The number of carboxylic acid groups (broad SMARTS) is 1. The van der Waals surface area contributed by atoms with Gasteiger partial charge in [0.05, 0.1) is 11.4 Å². The van der Waals surface area contributed by atoms with Gasteiger partial charge < -0.3 is 10.4 Å². The van der Waals surface area contributed by atoms with Gasteiger partial charge in [-0.1, -0.05) is 6.92 Å². The van der Waals surface area contributed by atoms with Gasteiger partial charge in [-0.25, -0.2) is 4.98 Å². The first-order valence-electron chi connectivity index (χ1n) is 6.12. The number of carbonyl (C=O) groups is 1. The molecule has 18 heavy (non-hydrogen) atoms. The first kappa shape index (κ1) is 14.3. The van der Waals surface area contributed by atoms with Gasteiger partial charge in [0.15, 0.2) is 0 Å². The fraction of sp³-hybridized carbons (Fsp3) is 0.667. The van der Waals surface area contributed by atoms with Crippen molar-refractivity contribution in [1.82, 2.24) is 15.2 Å². The Balaban J connectivity index is 2.28. The average molecular weight is 252 g/mol. The van der Waals surface area contributed by atoms with Crippen LogP contribution >= 0.6 is 0 Å². The molecule has 0 aromatic carbocycles. The van der Waals surface area contributed by atoms with E-state index in [2.05, 4.69) is 20.5 Å². The van der Waals surface area contributed by atoms with E-state index in [1.54, 1.807) is 0 Å². The van der Waals surface area contributed by atoms with E-state index < -0.39 is 5.97 Å². The fourth-order valence-electron chi connectivity index (χ4n) is 1.48. The maximum atomic E-state index is 10.4. The lowest BCUT2D eigenvalue weighted by Gasteiger charge is -2.10. The van der Waals surface area contributed by atoms with Crippen LogP contribution < -0.4 is 5.32 Å². The Morgan fingerprint density at radius 3 is 2.61 bits per heavy atom. The van der Waals surface area contributed by atoms with Crippen molar-refractivity contribution >= 4 is 11.9 Å². The highest BCUT2D eigenvalue weighted by atomic mass is 16.4. The van der Waals surface area contributed by atoms with Gasteiger partial charge in [-0.3, -0.25) is 4.79 Å². The molecule has 0 spiro atoms. The van der Waals surface area contributed by atoms with Crippen LogP contribution in [0.3, 0.4) is 0 Å². The molecule has 1 rings (SSSR count). The van der Waals surface area contributed by atoms with Gasteiger partial charge in [0, 0.05) is 13.0 Å². The normalized spacial score (nSPS) is 12.2. The van der Waals surface area contributed by atoms with Crippen molar-refractivity contribution in [3.8, 4) is 0 Å². The van der Waals surface area contributed by atoms with Crippen LogP contribution in [0.2, 0.25) is 0 Å². The van der Waals surface area contributed by atoms with E-state index in [9.17, 15) is 4.79 Å². The Morgan fingerprint density at radius 2 is 2.00 bits per heavy atom. The molecule has 1 heterocycles. The number of carboxylic acids is 1. The summed E-state index contributed by atoms with van der Waals surface area (Å²) in [7, 11) is 0. The van der Waals surface area contributed by atoms with Crippen LogP contribution in [0.4, 0.5) is 5.95 Å². The molecule has 6 heteroatoms. The Labute approximate surface area is 107 Å². The average Bonchev–Trinajstić information content (AvgIpc) is 2.31. The molecule has 0 fully saturated rings. The Hall–Kier alpha value is -1.72.